The van der Waals surface area contributed by atoms with Crippen LogP contribution < -0.4 is 4.90 Å². The van der Waals surface area contributed by atoms with Crippen LogP contribution in [0.3, 0.4) is 0 Å². The van der Waals surface area contributed by atoms with Gasteiger partial charge in [-0.15, -0.1) is 11.3 Å². The van der Waals surface area contributed by atoms with Crippen molar-refractivity contribution in [3.63, 3.8) is 0 Å². The van der Waals surface area contributed by atoms with Crippen LogP contribution in [0.2, 0.25) is 0 Å². The molecule has 18 heavy (non-hydrogen) atoms. The maximum absolute atomic E-state index is 12.3. The third-order valence-electron chi connectivity index (χ3n) is 2.80. The molecular weight excluding hydrogens is 250 g/mol. The molecule has 1 fully saturated rings. The third kappa shape index (κ3) is 2.22. The molecule has 0 aromatic carbocycles. The molecule has 0 bridgehead atoms. The Hall–Kier alpha value is -1.49. The highest BCUT2D eigenvalue weighted by Crippen LogP contribution is 2.34. The van der Waals surface area contributed by atoms with Gasteiger partial charge in [0, 0.05) is 5.41 Å². The Labute approximate surface area is 110 Å². The lowest BCUT2D eigenvalue weighted by molar-refractivity contribution is -0.121. The van der Waals surface area contributed by atoms with Crippen LogP contribution in [0, 0.1) is 5.41 Å². The molecule has 2 heterocycles. The highest BCUT2D eigenvalue weighted by molar-refractivity contribution is 7.14. The van der Waals surface area contributed by atoms with Gasteiger partial charge in [-0.05, 0) is 11.4 Å². The van der Waals surface area contributed by atoms with E-state index in [0.29, 0.717) is 10.6 Å². The predicted octanol–water partition coefficient (Wildman–Crippen LogP) is 2.28. The van der Waals surface area contributed by atoms with Gasteiger partial charge in [0.15, 0.2) is 11.6 Å². The number of carbonyl (C=O) groups is 3. The molecule has 0 radical (unpaired) electrons. The Kier molecular flexibility index (Phi) is 3.11. The largest absolute Gasteiger partial charge is 0.297 e. The zero-order valence-corrected chi connectivity index (χ0v) is 11.5. The second-order valence-electron chi connectivity index (χ2n) is 5.41. The average Bonchev–Trinajstić information content (AvgIpc) is 2.81. The first-order chi connectivity index (χ1) is 8.30. The molecule has 0 spiro atoms. The van der Waals surface area contributed by atoms with E-state index >= 15 is 0 Å². The number of anilines is 1. The number of hydrogen-bond acceptors (Lipinski definition) is 4. The smallest absolute Gasteiger partial charge is 0.235 e. The van der Waals surface area contributed by atoms with Crippen LogP contribution >= 0.6 is 11.3 Å². The molecule has 1 aliphatic rings. The highest BCUT2D eigenvalue weighted by atomic mass is 32.1. The van der Waals surface area contributed by atoms with Crippen LogP contribution in [-0.2, 0) is 9.59 Å². The van der Waals surface area contributed by atoms with Gasteiger partial charge in [-0.25, -0.2) is 0 Å². The summed E-state index contributed by atoms with van der Waals surface area (Å²) in [5.74, 6) is -0.320. The topological polar surface area (TPSA) is 54.5 Å². The second kappa shape index (κ2) is 4.31. The van der Waals surface area contributed by atoms with E-state index in [-0.39, 0.29) is 30.4 Å². The Bertz CT molecular complexity index is 525. The normalized spacial score (nSPS) is 16.5. The van der Waals surface area contributed by atoms with E-state index in [0.717, 1.165) is 0 Å². The fraction of sp³-hybridized carbons (Fsp3) is 0.462. The lowest BCUT2D eigenvalue weighted by atomic mass is 9.87. The van der Waals surface area contributed by atoms with Crippen molar-refractivity contribution in [3.05, 3.63) is 17.0 Å². The summed E-state index contributed by atoms with van der Waals surface area (Å²) in [6, 6.07) is 1.73. The molecule has 0 saturated carbocycles. The maximum Gasteiger partial charge on any atom is 0.235 e. The lowest BCUT2D eigenvalue weighted by Crippen LogP contribution is -2.27. The summed E-state index contributed by atoms with van der Waals surface area (Å²) in [7, 11) is 0. The van der Waals surface area contributed by atoms with Crippen LogP contribution in [-0.4, -0.2) is 24.0 Å². The lowest BCUT2D eigenvalue weighted by Gasteiger charge is -2.20. The molecule has 1 aromatic rings. The van der Waals surface area contributed by atoms with Gasteiger partial charge in [0.1, 0.15) is 5.00 Å². The van der Waals surface area contributed by atoms with E-state index in [4.69, 9.17) is 0 Å². The van der Waals surface area contributed by atoms with Crippen LogP contribution in [0.25, 0.3) is 0 Å². The highest BCUT2D eigenvalue weighted by Gasteiger charge is 2.34. The number of Topliss-reactive ketones (excluding diaryl/α,β-unsaturated/α-hetero) is 2. The van der Waals surface area contributed by atoms with Crippen LogP contribution in [0.1, 0.15) is 37.6 Å². The molecule has 2 rings (SSSR count). The molecule has 1 amide bonds. The van der Waals surface area contributed by atoms with Gasteiger partial charge in [-0.2, -0.15) is 0 Å². The van der Waals surface area contributed by atoms with Gasteiger partial charge in [0.05, 0.1) is 18.5 Å². The van der Waals surface area contributed by atoms with Crippen molar-refractivity contribution in [1.29, 1.82) is 0 Å². The minimum absolute atomic E-state index is 0.00843. The average molecular weight is 265 g/mol. The summed E-state index contributed by atoms with van der Waals surface area (Å²) < 4.78 is 0. The maximum atomic E-state index is 12.3. The van der Waals surface area contributed by atoms with Crippen molar-refractivity contribution in [1.82, 2.24) is 0 Å². The van der Waals surface area contributed by atoms with Gasteiger partial charge >= 0.3 is 0 Å². The number of ketones is 2. The van der Waals surface area contributed by atoms with Crippen molar-refractivity contribution in [2.45, 2.75) is 27.2 Å². The number of thiophene rings is 1. The molecule has 0 unspecified atom stereocenters. The number of nitrogens with zero attached hydrogens (tertiary/aromatic N) is 1. The number of carbonyl (C=O) groups excluding carboxylic acids is 3. The fourth-order valence-electron chi connectivity index (χ4n) is 1.86. The molecule has 96 valence electrons. The van der Waals surface area contributed by atoms with Gasteiger partial charge in [0.25, 0.3) is 0 Å². The molecule has 0 N–H and O–H groups in total. The minimum Gasteiger partial charge on any atom is -0.297 e. The second-order valence-corrected chi connectivity index (χ2v) is 6.31. The predicted molar refractivity (Wildman–Crippen MR) is 70.1 cm³/mol. The molecule has 4 nitrogen and oxygen atoms in total. The Morgan fingerprint density at radius 2 is 2.00 bits per heavy atom. The zero-order valence-electron chi connectivity index (χ0n) is 10.6. The van der Waals surface area contributed by atoms with Gasteiger partial charge in [-0.3, -0.25) is 19.3 Å². The summed E-state index contributed by atoms with van der Waals surface area (Å²) in [5, 5.41) is 2.38. The summed E-state index contributed by atoms with van der Waals surface area (Å²) in [6.45, 7) is 5.61. The van der Waals surface area contributed by atoms with Crippen molar-refractivity contribution in [3.8, 4) is 0 Å². The van der Waals surface area contributed by atoms with E-state index in [9.17, 15) is 14.4 Å². The summed E-state index contributed by atoms with van der Waals surface area (Å²) in [6.07, 6.45) is -0.0545. The monoisotopic (exact) mass is 265 g/mol. The zero-order chi connectivity index (χ0) is 13.5. The Balaban J connectivity index is 2.37. The number of hydrogen-bond donors (Lipinski definition) is 0. The van der Waals surface area contributed by atoms with Crippen molar-refractivity contribution in [2.24, 2.45) is 5.41 Å². The fourth-order valence-corrected chi connectivity index (χ4v) is 2.77. The summed E-state index contributed by atoms with van der Waals surface area (Å²) in [5.41, 5.74) is 0.0401. The molecule has 5 heteroatoms. The van der Waals surface area contributed by atoms with E-state index in [1.807, 2.05) is 20.8 Å². The van der Waals surface area contributed by atoms with E-state index in [2.05, 4.69) is 0 Å². The minimum atomic E-state index is -0.497. The molecule has 0 aliphatic carbocycles. The van der Waals surface area contributed by atoms with E-state index < -0.39 is 5.41 Å². The number of rotatable bonds is 2. The quantitative estimate of drug-likeness (QED) is 0.609. The Morgan fingerprint density at radius 3 is 2.50 bits per heavy atom. The molecule has 1 aliphatic heterocycles. The standard InChI is InChI=1S/C13H15NO3S/c1-13(2,3)11(17)9-4-5-18-12(9)14-7-8(15)6-10(14)16/h4-5H,6-7H2,1-3H3. The first kappa shape index (κ1) is 13.0. The summed E-state index contributed by atoms with van der Waals surface area (Å²) in [4.78, 5) is 36.7. The molecule has 0 atom stereocenters. The van der Waals surface area contributed by atoms with Crippen molar-refractivity contribution in [2.75, 3.05) is 11.4 Å². The van der Waals surface area contributed by atoms with Gasteiger partial charge in [-0.1, -0.05) is 20.8 Å². The van der Waals surface area contributed by atoms with Crippen molar-refractivity contribution < 1.29 is 14.4 Å². The molecular formula is C13H15NO3S. The van der Waals surface area contributed by atoms with E-state index in [1.54, 1.807) is 11.4 Å². The summed E-state index contributed by atoms with van der Waals surface area (Å²) >= 11 is 1.33. The molecule has 1 saturated heterocycles. The van der Waals surface area contributed by atoms with E-state index in [1.165, 1.54) is 16.2 Å². The SMILES string of the molecule is CC(C)(C)C(=O)c1ccsc1N1CC(=O)CC1=O. The van der Waals surface area contributed by atoms with Gasteiger partial charge < -0.3 is 0 Å². The van der Waals surface area contributed by atoms with Crippen LogP contribution in [0.4, 0.5) is 5.00 Å². The van der Waals surface area contributed by atoms with Crippen molar-refractivity contribution >= 4 is 33.8 Å². The molecule has 1 aromatic heterocycles. The van der Waals surface area contributed by atoms with Crippen LogP contribution in [0.15, 0.2) is 11.4 Å². The van der Waals surface area contributed by atoms with Crippen LogP contribution in [0.5, 0.6) is 0 Å². The number of amides is 1. The van der Waals surface area contributed by atoms with Gasteiger partial charge in [0.2, 0.25) is 5.91 Å². The third-order valence-corrected chi connectivity index (χ3v) is 3.74. The first-order valence-electron chi connectivity index (χ1n) is 5.75. The Morgan fingerprint density at radius 1 is 1.33 bits per heavy atom. The first-order valence-corrected chi connectivity index (χ1v) is 6.63.